The van der Waals surface area contributed by atoms with E-state index < -0.39 is 5.54 Å². The van der Waals surface area contributed by atoms with Gasteiger partial charge in [0.15, 0.2) is 0 Å². The second-order valence-electron chi connectivity index (χ2n) is 6.91. The SMILES string of the molecule is Cc1noc(C)c1CN1CCC(CNC(=O)C2(N)CCC2)C1. The Kier molecular flexibility index (Phi) is 4.23. The molecule has 3 rings (SSSR count). The first-order valence-electron chi connectivity index (χ1n) is 8.19. The Morgan fingerprint density at radius 2 is 2.27 bits per heavy atom. The molecule has 1 unspecified atom stereocenters. The molecule has 0 aromatic carbocycles. The summed E-state index contributed by atoms with van der Waals surface area (Å²) in [5.41, 5.74) is 7.62. The number of hydrogen-bond acceptors (Lipinski definition) is 5. The Labute approximate surface area is 131 Å². The topological polar surface area (TPSA) is 84.4 Å². The van der Waals surface area contributed by atoms with Crippen LogP contribution in [0.4, 0.5) is 0 Å². The quantitative estimate of drug-likeness (QED) is 0.851. The van der Waals surface area contributed by atoms with Gasteiger partial charge in [0.25, 0.3) is 0 Å². The predicted molar refractivity (Wildman–Crippen MR) is 83.1 cm³/mol. The first kappa shape index (κ1) is 15.5. The van der Waals surface area contributed by atoms with Crippen molar-refractivity contribution < 1.29 is 9.32 Å². The molecular formula is C16H26N4O2. The van der Waals surface area contributed by atoms with Gasteiger partial charge in [0, 0.05) is 25.2 Å². The molecule has 2 heterocycles. The molecule has 1 saturated carbocycles. The smallest absolute Gasteiger partial charge is 0.240 e. The number of nitrogens with two attached hydrogens (primary N) is 1. The highest BCUT2D eigenvalue weighted by molar-refractivity contribution is 5.86. The Morgan fingerprint density at radius 3 is 2.86 bits per heavy atom. The van der Waals surface area contributed by atoms with Gasteiger partial charge >= 0.3 is 0 Å². The summed E-state index contributed by atoms with van der Waals surface area (Å²) in [4.78, 5) is 14.5. The lowest BCUT2D eigenvalue weighted by Gasteiger charge is -2.36. The second kappa shape index (κ2) is 6.01. The van der Waals surface area contributed by atoms with E-state index in [1.807, 2.05) is 13.8 Å². The van der Waals surface area contributed by atoms with Crippen molar-refractivity contribution in [2.75, 3.05) is 19.6 Å². The van der Waals surface area contributed by atoms with E-state index in [1.165, 1.54) is 5.56 Å². The first-order valence-corrected chi connectivity index (χ1v) is 8.19. The molecule has 0 spiro atoms. The number of rotatable bonds is 5. The molecular weight excluding hydrogens is 280 g/mol. The Hall–Kier alpha value is -1.40. The van der Waals surface area contributed by atoms with Crippen LogP contribution in [0.1, 0.15) is 42.7 Å². The van der Waals surface area contributed by atoms with Gasteiger partial charge in [-0.3, -0.25) is 9.69 Å². The number of hydrogen-bond donors (Lipinski definition) is 2. The van der Waals surface area contributed by atoms with E-state index in [0.717, 1.165) is 63.3 Å². The highest BCUT2D eigenvalue weighted by Crippen LogP contribution is 2.29. The third-order valence-electron chi connectivity index (χ3n) is 5.18. The minimum atomic E-state index is -0.588. The maximum atomic E-state index is 12.1. The molecule has 3 N–H and O–H groups in total. The molecule has 1 aliphatic carbocycles. The van der Waals surface area contributed by atoms with Crippen molar-refractivity contribution in [2.45, 2.75) is 51.6 Å². The minimum Gasteiger partial charge on any atom is -0.361 e. The number of carbonyl (C=O) groups is 1. The number of aromatic nitrogens is 1. The zero-order valence-electron chi connectivity index (χ0n) is 13.5. The molecule has 1 aromatic heterocycles. The van der Waals surface area contributed by atoms with Crippen molar-refractivity contribution in [3.8, 4) is 0 Å². The van der Waals surface area contributed by atoms with E-state index >= 15 is 0 Å². The fraction of sp³-hybridized carbons (Fsp3) is 0.750. The van der Waals surface area contributed by atoms with Crippen LogP contribution in [-0.2, 0) is 11.3 Å². The summed E-state index contributed by atoms with van der Waals surface area (Å²) >= 11 is 0. The van der Waals surface area contributed by atoms with Crippen LogP contribution in [0.5, 0.6) is 0 Å². The highest BCUT2D eigenvalue weighted by Gasteiger charge is 2.40. The monoisotopic (exact) mass is 306 g/mol. The molecule has 0 bridgehead atoms. The molecule has 1 aliphatic heterocycles. The van der Waals surface area contributed by atoms with Gasteiger partial charge in [-0.05, 0) is 52.0 Å². The maximum Gasteiger partial charge on any atom is 0.240 e. The zero-order valence-corrected chi connectivity index (χ0v) is 13.5. The average molecular weight is 306 g/mol. The number of nitrogens with zero attached hydrogens (tertiary/aromatic N) is 2. The maximum absolute atomic E-state index is 12.1. The molecule has 1 aromatic rings. The number of nitrogens with one attached hydrogen (secondary N) is 1. The van der Waals surface area contributed by atoms with Crippen molar-refractivity contribution >= 4 is 5.91 Å². The predicted octanol–water partition coefficient (Wildman–Crippen LogP) is 1.11. The van der Waals surface area contributed by atoms with Crippen LogP contribution in [0.3, 0.4) is 0 Å². The minimum absolute atomic E-state index is 0.0305. The van der Waals surface area contributed by atoms with E-state index in [9.17, 15) is 4.79 Å². The summed E-state index contributed by atoms with van der Waals surface area (Å²) in [6.07, 6.45) is 3.82. The summed E-state index contributed by atoms with van der Waals surface area (Å²) < 4.78 is 5.22. The summed E-state index contributed by atoms with van der Waals surface area (Å²) in [6, 6.07) is 0. The van der Waals surface area contributed by atoms with E-state index in [1.54, 1.807) is 0 Å². The normalized spacial score (nSPS) is 24.2. The molecule has 6 heteroatoms. The second-order valence-corrected chi connectivity index (χ2v) is 6.91. The molecule has 6 nitrogen and oxygen atoms in total. The van der Waals surface area contributed by atoms with Crippen molar-refractivity contribution in [2.24, 2.45) is 11.7 Å². The standard InChI is InChI=1S/C16H26N4O2/c1-11-14(12(2)22-19-11)10-20-7-4-13(9-20)8-18-15(21)16(17)5-3-6-16/h13H,3-10,17H2,1-2H3,(H,18,21). The van der Waals surface area contributed by atoms with Crippen LogP contribution >= 0.6 is 0 Å². The van der Waals surface area contributed by atoms with Crippen LogP contribution in [0, 0.1) is 19.8 Å². The molecule has 0 radical (unpaired) electrons. The number of amides is 1. The molecule has 2 fully saturated rings. The summed E-state index contributed by atoms with van der Waals surface area (Å²) in [7, 11) is 0. The molecule has 1 amide bonds. The van der Waals surface area contributed by atoms with Crippen molar-refractivity contribution in [1.29, 1.82) is 0 Å². The third-order valence-corrected chi connectivity index (χ3v) is 5.18. The first-order chi connectivity index (χ1) is 10.5. The van der Waals surface area contributed by atoms with E-state index in [4.69, 9.17) is 10.3 Å². The van der Waals surface area contributed by atoms with Gasteiger partial charge in [-0.1, -0.05) is 5.16 Å². The fourth-order valence-corrected chi connectivity index (χ4v) is 3.37. The number of aryl methyl sites for hydroxylation is 2. The average Bonchev–Trinajstić information content (AvgIpc) is 3.04. The van der Waals surface area contributed by atoms with Gasteiger partial charge in [0.05, 0.1) is 11.2 Å². The van der Waals surface area contributed by atoms with Crippen molar-refractivity contribution in [3.63, 3.8) is 0 Å². The summed E-state index contributed by atoms with van der Waals surface area (Å²) in [5, 5.41) is 7.05. The van der Waals surface area contributed by atoms with Crippen molar-refractivity contribution in [3.05, 3.63) is 17.0 Å². The van der Waals surface area contributed by atoms with Gasteiger partial charge in [-0.2, -0.15) is 0 Å². The lowest BCUT2D eigenvalue weighted by atomic mass is 9.77. The zero-order chi connectivity index (χ0) is 15.7. The largest absolute Gasteiger partial charge is 0.361 e. The summed E-state index contributed by atoms with van der Waals surface area (Å²) in [5.74, 6) is 1.44. The Morgan fingerprint density at radius 1 is 1.50 bits per heavy atom. The molecule has 22 heavy (non-hydrogen) atoms. The number of carbonyl (C=O) groups excluding carboxylic acids is 1. The lowest BCUT2D eigenvalue weighted by molar-refractivity contribution is -0.129. The molecule has 1 atom stereocenters. The van der Waals surface area contributed by atoms with Crippen LogP contribution < -0.4 is 11.1 Å². The van der Waals surface area contributed by atoms with Crippen LogP contribution in [0.25, 0.3) is 0 Å². The van der Waals surface area contributed by atoms with Crippen molar-refractivity contribution in [1.82, 2.24) is 15.4 Å². The summed E-state index contributed by atoms with van der Waals surface area (Å²) in [6.45, 7) is 7.62. The Balaban J connectivity index is 1.45. The van der Waals surface area contributed by atoms with Gasteiger partial charge in [-0.25, -0.2) is 0 Å². The van der Waals surface area contributed by atoms with Crippen LogP contribution in [0.15, 0.2) is 4.52 Å². The van der Waals surface area contributed by atoms with Crippen LogP contribution in [-0.4, -0.2) is 41.1 Å². The molecule has 2 aliphatic rings. The van der Waals surface area contributed by atoms with Gasteiger partial charge in [0.2, 0.25) is 5.91 Å². The Bertz CT molecular complexity index is 531. The van der Waals surface area contributed by atoms with Gasteiger partial charge in [-0.15, -0.1) is 0 Å². The molecule has 1 saturated heterocycles. The lowest BCUT2D eigenvalue weighted by Crippen LogP contribution is -2.59. The van der Waals surface area contributed by atoms with Gasteiger partial charge < -0.3 is 15.6 Å². The molecule has 122 valence electrons. The van der Waals surface area contributed by atoms with Crippen LogP contribution in [0.2, 0.25) is 0 Å². The highest BCUT2D eigenvalue weighted by atomic mass is 16.5. The van der Waals surface area contributed by atoms with E-state index in [-0.39, 0.29) is 5.91 Å². The fourth-order valence-electron chi connectivity index (χ4n) is 3.37. The number of likely N-dealkylation sites (tertiary alicyclic amines) is 1. The third kappa shape index (κ3) is 3.03. The van der Waals surface area contributed by atoms with E-state index in [2.05, 4.69) is 15.4 Å². The van der Waals surface area contributed by atoms with Gasteiger partial charge in [0.1, 0.15) is 5.76 Å². The van der Waals surface area contributed by atoms with E-state index in [0.29, 0.717) is 5.92 Å².